The Labute approximate surface area is 165 Å². The lowest BCUT2D eigenvalue weighted by atomic mass is 9.95. The van der Waals surface area contributed by atoms with Crippen LogP contribution in [-0.2, 0) is 11.3 Å². The Morgan fingerprint density at radius 3 is 2.64 bits per heavy atom. The molecule has 0 aliphatic heterocycles. The summed E-state index contributed by atoms with van der Waals surface area (Å²) in [6.45, 7) is 0.459. The third-order valence-electron chi connectivity index (χ3n) is 4.90. The summed E-state index contributed by atoms with van der Waals surface area (Å²) in [5.74, 6) is -0.335. The number of carbonyl (C=O) groups is 1. The van der Waals surface area contributed by atoms with Crippen LogP contribution in [0.2, 0.25) is 0 Å². The van der Waals surface area contributed by atoms with Gasteiger partial charge in [-0.3, -0.25) is 9.48 Å². The molecule has 1 saturated carbocycles. The summed E-state index contributed by atoms with van der Waals surface area (Å²) in [6, 6.07) is 13.9. The zero-order chi connectivity index (χ0) is 19.8. The van der Waals surface area contributed by atoms with Crippen molar-refractivity contribution in [3.8, 4) is 23.4 Å². The highest BCUT2D eigenvalue weighted by Crippen LogP contribution is 2.24. The molecule has 28 heavy (non-hydrogen) atoms. The van der Waals surface area contributed by atoms with Crippen molar-refractivity contribution in [2.24, 2.45) is 0 Å². The zero-order valence-electron chi connectivity index (χ0n) is 15.8. The van der Waals surface area contributed by atoms with Crippen LogP contribution in [-0.4, -0.2) is 21.7 Å². The number of nitrogens with zero attached hydrogens (tertiary/aromatic N) is 4. The summed E-state index contributed by atoms with van der Waals surface area (Å²) in [4.78, 5) is 12.6. The Morgan fingerprint density at radius 1 is 1.21 bits per heavy atom. The molecule has 1 aromatic carbocycles. The highest BCUT2D eigenvalue weighted by atomic mass is 16.1. The van der Waals surface area contributed by atoms with Crippen LogP contribution in [0.1, 0.15) is 44.1 Å². The quantitative estimate of drug-likeness (QED) is 0.615. The number of nitrogens with one attached hydrogen (secondary N) is 1. The Kier molecular flexibility index (Phi) is 6.59. The number of aromatic nitrogens is 2. The first kappa shape index (κ1) is 19.4. The molecular weight excluding hydrogens is 350 g/mol. The van der Waals surface area contributed by atoms with Crippen LogP contribution in [0.3, 0.4) is 0 Å². The average Bonchev–Trinajstić information content (AvgIpc) is 3.14. The zero-order valence-corrected chi connectivity index (χ0v) is 15.8. The van der Waals surface area contributed by atoms with Crippen molar-refractivity contribution >= 4 is 12.0 Å². The molecule has 0 saturated heterocycles. The van der Waals surface area contributed by atoms with Crippen molar-refractivity contribution in [1.29, 1.82) is 10.5 Å². The molecule has 1 fully saturated rings. The number of hydrogen-bond acceptors (Lipinski definition) is 4. The topological polar surface area (TPSA) is 94.5 Å². The van der Waals surface area contributed by atoms with Crippen LogP contribution in [0.15, 0.2) is 42.1 Å². The monoisotopic (exact) mass is 373 g/mol. The van der Waals surface area contributed by atoms with Gasteiger partial charge in [-0.15, -0.1) is 0 Å². The molecule has 1 amide bonds. The van der Waals surface area contributed by atoms with Gasteiger partial charge in [0.25, 0.3) is 5.91 Å². The standard InChI is InChI=1S/C22H23N5O/c23-12-7-13-27-16-19(21(26-27)17-8-3-1-4-9-17)14-18(15-24)22(28)25-20-10-5-2-6-11-20/h1,3-4,8-9,14,16,20H,2,5-7,10-11,13H2,(H,25,28)/b18-14+. The number of benzene rings is 1. The number of nitriles is 2. The number of rotatable bonds is 6. The maximum Gasteiger partial charge on any atom is 0.262 e. The van der Waals surface area contributed by atoms with E-state index in [0.717, 1.165) is 31.2 Å². The fraction of sp³-hybridized carbons (Fsp3) is 0.364. The number of amides is 1. The molecule has 0 atom stereocenters. The SMILES string of the molecule is N#CCCn1cc(/C=C(\C#N)C(=O)NC2CCCCC2)c(-c2ccccc2)n1. The Morgan fingerprint density at radius 2 is 1.96 bits per heavy atom. The summed E-state index contributed by atoms with van der Waals surface area (Å²) >= 11 is 0. The summed E-state index contributed by atoms with van der Waals surface area (Å²) < 4.78 is 1.69. The van der Waals surface area contributed by atoms with Gasteiger partial charge in [-0.2, -0.15) is 15.6 Å². The minimum absolute atomic E-state index is 0.0718. The molecule has 142 valence electrons. The van der Waals surface area contributed by atoms with Crippen LogP contribution >= 0.6 is 0 Å². The van der Waals surface area contributed by atoms with Gasteiger partial charge >= 0.3 is 0 Å². The first-order valence-corrected chi connectivity index (χ1v) is 9.63. The highest BCUT2D eigenvalue weighted by Gasteiger charge is 2.19. The molecule has 1 heterocycles. The van der Waals surface area contributed by atoms with Crippen molar-refractivity contribution in [3.63, 3.8) is 0 Å². The van der Waals surface area contributed by atoms with Gasteiger partial charge in [0.2, 0.25) is 0 Å². The first-order chi connectivity index (χ1) is 13.7. The lowest BCUT2D eigenvalue weighted by Gasteiger charge is -2.22. The van der Waals surface area contributed by atoms with E-state index in [1.807, 2.05) is 36.4 Å². The summed E-state index contributed by atoms with van der Waals surface area (Å²) in [5.41, 5.74) is 2.35. The van der Waals surface area contributed by atoms with E-state index in [2.05, 4.69) is 16.5 Å². The molecule has 1 N–H and O–H groups in total. The van der Waals surface area contributed by atoms with Crippen LogP contribution in [0, 0.1) is 22.7 Å². The van der Waals surface area contributed by atoms with Crippen molar-refractivity contribution in [2.75, 3.05) is 0 Å². The molecule has 6 nitrogen and oxygen atoms in total. The maximum absolute atomic E-state index is 12.6. The molecule has 0 unspecified atom stereocenters. The summed E-state index contributed by atoms with van der Waals surface area (Å²) in [7, 11) is 0. The van der Waals surface area contributed by atoms with E-state index in [4.69, 9.17) is 5.26 Å². The third kappa shape index (κ3) is 4.86. The predicted molar refractivity (Wildman–Crippen MR) is 106 cm³/mol. The second kappa shape index (κ2) is 9.53. The molecule has 0 bridgehead atoms. The van der Waals surface area contributed by atoms with Crippen molar-refractivity contribution in [2.45, 2.75) is 51.1 Å². The van der Waals surface area contributed by atoms with E-state index in [9.17, 15) is 10.1 Å². The third-order valence-corrected chi connectivity index (χ3v) is 4.90. The van der Waals surface area contributed by atoms with E-state index in [1.165, 1.54) is 6.42 Å². The summed E-state index contributed by atoms with van der Waals surface area (Å²) in [6.07, 6.45) is 9.07. The number of aryl methyl sites for hydroxylation is 1. The van der Waals surface area contributed by atoms with E-state index in [1.54, 1.807) is 17.0 Å². The van der Waals surface area contributed by atoms with E-state index >= 15 is 0 Å². The first-order valence-electron chi connectivity index (χ1n) is 9.63. The normalized spacial score (nSPS) is 14.9. The molecule has 1 aliphatic rings. The summed E-state index contributed by atoms with van der Waals surface area (Å²) in [5, 5.41) is 25.9. The van der Waals surface area contributed by atoms with E-state index in [-0.39, 0.29) is 17.5 Å². The maximum atomic E-state index is 12.6. The van der Waals surface area contributed by atoms with Gasteiger partial charge in [0.15, 0.2) is 0 Å². The molecule has 1 aromatic heterocycles. The fourth-order valence-electron chi connectivity index (χ4n) is 3.46. The molecule has 1 aliphatic carbocycles. The van der Waals surface area contributed by atoms with Gasteiger partial charge in [0, 0.05) is 23.4 Å². The van der Waals surface area contributed by atoms with Crippen LogP contribution in [0.25, 0.3) is 17.3 Å². The molecule has 0 spiro atoms. The smallest absolute Gasteiger partial charge is 0.262 e. The van der Waals surface area contributed by atoms with E-state index in [0.29, 0.717) is 24.2 Å². The largest absolute Gasteiger partial charge is 0.349 e. The van der Waals surface area contributed by atoms with Crippen LogP contribution < -0.4 is 5.32 Å². The second-order valence-corrected chi connectivity index (χ2v) is 6.95. The van der Waals surface area contributed by atoms with Gasteiger partial charge in [0.05, 0.1) is 24.7 Å². The van der Waals surface area contributed by atoms with Crippen LogP contribution in [0.4, 0.5) is 0 Å². The molecular formula is C22H23N5O. The Balaban J connectivity index is 1.89. The van der Waals surface area contributed by atoms with Gasteiger partial charge < -0.3 is 5.32 Å². The average molecular weight is 373 g/mol. The van der Waals surface area contributed by atoms with Crippen molar-refractivity contribution in [3.05, 3.63) is 47.7 Å². The number of carbonyl (C=O) groups excluding carboxylic acids is 1. The molecule has 6 heteroatoms. The lowest BCUT2D eigenvalue weighted by Crippen LogP contribution is -2.36. The minimum Gasteiger partial charge on any atom is -0.349 e. The van der Waals surface area contributed by atoms with Gasteiger partial charge in [-0.1, -0.05) is 49.6 Å². The fourth-order valence-corrected chi connectivity index (χ4v) is 3.46. The van der Waals surface area contributed by atoms with Crippen LogP contribution in [0.5, 0.6) is 0 Å². The molecule has 3 rings (SSSR count). The van der Waals surface area contributed by atoms with Gasteiger partial charge in [0.1, 0.15) is 11.6 Å². The molecule has 0 radical (unpaired) electrons. The minimum atomic E-state index is -0.335. The second-order valence-electron chi connectivity index (χ2n) is 6.95. The van der Waals surface area contributed by atoms with Gasteiger partial charge in [-0.25, -0.2) is 0 Å². The predicted octanol–water partition coefficient (Wildman–Crippen LogP) is 3.82. The highest BCUT2D eigenvalue weighted by molar-refractivity contribution is 6.02. The number of hydrogen-bond donors (Lipinski definition) is 1. The lowest BCUT2D eigenvalue weighted by molar-refractivity contribution is -0.117. The van der Waals surface area contributed by atoms with Crippen molar-refractivity contribution < 1.29 is 4.79 Å². The Hall–Kier alpha value is -3.38. The molecule has 2 aromatic rings. The van der Waals surface area contributed by atoms with Gasteiger partial charge in [-0.05, 0) is 18.9 Å². The van der Waals surface area contributed by atoms with Crippen molar-refractivity contribution in [1.82, 2.24) is 15.1 Å². The Bertz CT molecular complexity index is 924. The van der Waals surface area contributed by atoms with E-state index < -0.39 is 0 Å².